The molecule has 0 aliphatic rings. The van der Waals surface area contributed by atoms with E-state index in [-0.39, 0.29) is 11.9 Å². The molecule has 0 fully saturated rings. The third-order valence-electron chi connectivity index (χ3n) is 3.97. The molecule has 3 aromatic rings. The van der Waals surface area contributed by atoms with Crippen molar-refractivity contribution in [2.45, 2.75) is 13.0 Å². The Bertz CT molecular complexity index is 824. The number of carbonyl (C=O) groups excluding carboxylic acids is 1. The van der Waals surface area contributed by atoms with E-state index in [1.807, 2.05) is 19.1 Å². The van der Waals surface area contributed by atoms with E-state index in [0.717, 1.165) is 11.3 Å². The van der Waals surface area contributed by atoms with Crippen LogP contribution in [0.1, 0.15) is 28.9 Å². The molecule has 1 amide bonds. The van der Waals surface area contributed by atoms with Crippen LogP contribution >= 0.6 is 0 Å². The maximum Gasteiger partial charge on any atom is 0.251 e. The van der Waals surface area contributed by atoms with Gasteiger partial charge in [0.15, 0.2) is 0 Å². The summed E-state index contributed by atoms with van der Waals surface area (Å²) < 4.78 is 5.11. The number of rotatable bonds is 4. The molecule has 116 valence electrons. The van der Waals surface area contributed by atoms with E-state index in [0.29, 0.717) is 5.56 Å². The SMILES string of the molecule is COc1ccc(C(=O)N[C@H](C)c2ccc3ccccc3c2)cc1. The number of hydrogen-bond acceptors (Lipinski definition) is 2. The number of hydrogen-bond donors (Lipinski definition) is 1. The third-order valence-corrected chi connectivity index (χ3v) is 3.97. The Morgan fingerprint density at radius 1 is 0.957 bits per heavy atom. The van der Waals surface area contributed by atoms with Gasteiger partial charge in [0.25, 0.3) is 5.91 Å². The van der Waals surface area contributed by atoms with Crippen LogP contribution in [-0.2, 0) is 0 Å². The molecule has 0 bridgehead atoms. The molecule has 3 rings (SSSR count). The highest BCUT2D eigenvalue weighted by Gasteiger charge is 2.12. The van der Waals surface area contributed by atoms with Gasteiger partial charge in [-0.3, -0.25) is 4.79 Å². The molecule has 0 aliphatic carbocycles. The highest BCUT2D eigenvalue weighted by atomic mass is 16.5. The van der Waals surface area contributed by atoms with E-state index in [1.54, 1.807) is 31.4 Å². The quantitative estimate of drug-likeness (QED) is 0.778. The van der Waals surface area contributed by atoms with E-state index in [1.165, 1.54) is 10.8 Å². The van der Waals surface area contributed by atoms with Gasteiger partial charge in [-0.05, 0) is 53.6 Å². The number of methoxy groups -OCH3 is 1. The van der Waals surface area contributed by atoms with E-state index in [9.17, 15) is 4.79 Å². The molecule has 1 N–H and O–H groups in total. The zero-order valence-electron chi connectivity index (χ0n) is 13.2. The summed E-state index contributed by atoms with van der Waals surface area (Å²) in [6, 6.07) is 21.5. The summed E-state index contributed by atoms with van der Waals surface area (Å²) in [6.45, 7) is 1.99. The summed E-state index contributed by atoms with van der Waals surface area (Å²) in [4.78, 5) is 12.3. The second-order valence-electron chi connectivity index (χ2n) is 5.53. The lowest BCUT2D eigenvalue weighted by molar-refractivity contribution is 0.0940. The Labute approximate surface area is 135 Å². The lowest BCUT2D eigenvalue weighted by atomic mass is 10.0. The van der Waals surface area contributed by atoms with Gasteiger partial charge in [0.05, 0.1) is 13.2 Å². The molecular weight excluding hydrogens is 286 g/mol. The van der Waals surface area contributed by atoms with Gasteiger partial charge in [0.2, 0.25) is 0 Å². The van der Waals surface area contributed by atoms with Crippen molar-refractivity contribution in [3.63, 3.8) is 0 Å². The summed E-state index contributed by atoms with van der Waals surface area (Å²) in [7, 11) is 1.61. The monoisotopic (exact) mass is 305 g/mol. The van der Waals surface area contributed by atoms with E-state index >= 15 is 0 Å². The Hall–Kier alpha value is -2.81. The fraction of sp³-hybridized carbons (Fsp3) is 0.150. The topological polar surface area (TPSA) is 38.3 Å². The highest BCUT2D eigenvalue weighted by molar-refractivity contribution is 5.94. The van der Waals surface area contributed by atoms with Crippen molar-refractivity contribution < 1.29 is 9.53 Å². The van der Waals surface area contributed by atoms with Crippen LogP contribution in [0.4, 0.5) is 0 Å². The van der Waals surface area contributed by atoms with Crippen LogP contribution in [0.3, 0.4) is 0 Å². The first kappa shape index (κ1) is 15.1. The first-order chi connectivity index (χ1) is 11.2. The molecule has 0 aromatic heterocycles. The molecule has 3 heteroatoms. The van der Waals surface area contributed by atoms with Crippen LogP contribution in [-0.4, -0.2) is 13.0 Å². The third kappa shape index (κ3) is 3.34. The number of amides is 1. The predicted octanol–water partition coefficient (Wildman–Crippen LogP) is 4.34. The second kappa shape index (κ2) is 6.53. The minimum atomic E-state index is -0.0895. The van der Waals surface area contributed by atoms with Crippen molar-refractivity contribution in [3.05, 3.63) is 77.9 Å². The standard InChI is InChI=1S/C20H19NO2/c1-14(17-8-7-15-5-3-4-6-18(15)13-17)21-20(22)16-9-11-19(23-2)12-10-16/h3-14H,1-2H3,(H,21,22)/t14-/m1/s1. The van der Waals surface area contributed by atoms with Gasteiger partial charge in [0, 0.05) is 5.56 Å². The number of ether oxygens (including phenoxy) is 1. The predicted molar refractivity (Wildman–Crippen MR) is 92.8 cm³/mol. The number of carbonyl (C=O) groups is 1. The molecule has 3 nitrogen and oxygen atoms in total. The number of benzene rings is 3. The molecule has 0 heterocycles. The lowest BCUT2D eigenvalue weighted by Crippen LogP contribution is -2.26. The average molecular weight is 305 g/mol. The van der Waals surface area contributed by atoms with Gasteiger partial charge >= 0.3 is 0 Å². The molecule has 0 radical (unpaired) electrons. The number of nitrogens with one attached hydrogen (secondary N) is 1. The Kier molecular flexibility index (Phi) is 4.29. The van der Waals surface area contributed by atoms with Crippen molar-refractivity contribution in [1.29, 1.82) is 0 Å². The van der Waals surface area contributed by atoms with Crippen molar-refractivity contribution in [1.82, 2.24) is 5.32 Å². The zero-order chi connectivity index (χ0) is 16.2. The van der Waals surface area contributed by atoms with E-state index < -0.39 is 0 Å². The van der Waals surface area contributed by atoms with Gasteiger partial charge < -0.3 is 10.1 Å². The molecule has 0 aliphatic heterocycles. The smallest absolute Gasteiger partial charge is 0.251 e. The Balaban J connectivity index is 1.76. The molecule has 23 heavy (non-hydrogen) atoms. The largest absolute Gasteiger partial charge is 0.497 e. The molecule has 0 saturated heterocycles. The van der Waals surface area contributed by atoms with Gasteiger partial charge in [-0.25, -0.2) is 0 Å². The summed E-state index contributed by atoms with van der Waals surface area (Å²) in [6.07, 6.45) is 0. The summed E-state index contributed by atoms with van der Waals surface area (Å²) in [5, 5.41) is 5.41. The van der Waals surface area contributed by atoms with Crippen LogP contribution in [0.15, 0.2) is 66.7 Å². The molecular formula is C20H19NO2. The first-order valence-electron chi connectivity index (χ1n) is 7.61. The number of fused-ring (bicyclic) bond motifs is 1. The normalized spacial score (nSPS) is 11.9. The van der Waals surface area contributed by atoms with Crippen LogP contribution < -0.4 is 10.1 Å². The minimum Gasteiger partial charge on any atom is -0.497 e. The molecule has 0 saturated carbocycles. The van der Waals surface area contributed by atoms with Crippen molar-refractivity contribution in [2.75, 3.05) is 7.11 Å². The van der Waals surface area contributed by atoms with Gasteiger partial charge in [-0.15, -0.1) is 0 Å². The lowest BCUT2D eigenvalue weighted by Gasteiger charge is -2.15. The summed E-state index contributed by atoms with van der Waals surface area (Å²) >= 11 is 0. The average Bonchev–Trinajstić information content (AvgIpc) is 2.61. The van der Waals surface area contributed by atoms with Crippen LogP contribution in [0.5, 0.6) is 5.75 Å². The fourth-order valence-electron chi connectivity index (χ4n) is 2.58. The first-order valence-corrected chi connectivity index (χ1v) is 7.61. The summed E-state index contributed by atoms with van der Waals surface area (Å²) in [5.41, 5.74) is 1.71. The van der Waals surface area contributed by atoms with Gasteiger partial charge in [-0.1, -0.05) is 36.4 Å². The van der Waals surface area contributed by atoms with Crippen LogP contribution in [0, 0.1) is 0 Å². The van der Waals surface area contributed by atoms with Gasteiger partial charge in [0.1, 0.15) is 5.75 Å². The van der Waals surface area contributed by atoms with E-state index in [2.05, 4.69) is 35.6 Å². The van der Waals surface area contributed by atoms with E-state index in [4.69, 9.17) is 4.74 Å². The fourth-order valence-corrected chi connectivity index (χ4v) is 2.58. The molecule has 0 unspecified atom stereocenters. The van der Waals surface area contributed by atoms with Gasteiger partial charge in [-0.2, -0.15) is 0 Å². The zero-order valence-corrected chi connectivity index (χ0v) is 13.2. The summed E-state index contributed by atoms with van der Waals surface area (Å²) in [5.74, 6) is 0.650. The Morgan fingerprint density at radius 2 is 1.65 bits per heavy atom. The second-order valence-corrected chi connectivity index (χ2v) is 5.53. The maximum atomic E-state index is 12.3. The maximum absolute atomic E-state index is 12.3. The van der Waals surface area contributed by atoms with Crippen LogP contribution in [0.2, 0.25) is 0 Å². The van der Waals surface area contributed by atoms with Crippen molar-refractivity contribution in [2.24, 2.45) is 0 Å². The molecule has 0 spiro atoms. The molecule has 1 atom stereocenters. The van der Waals surface area contributed by atoms with Crippen LogP contribution in [0.25, 0.3) is 10.8 Å². The Morgan fingerprint density at radius 3 is 2.35 bits per heavy atom. The molecule has 3 aromatic carbocycles. The highest BCUT2D eigenvalue weighted by Crippen LogP contribution is 2.21. The van der Waals surface area contributed by atoms with Crippen molar-refractivity contribution >= 4 is 16.7 Å². The minimum absolute atomic E-state index is 0.0609. The van der Waals surface area contributed by atoms with Crippen molar-refractivity contribution in [3.8, 4) is 5.75 Å².